The maximum absolute atomic E-state index is 15.3. The largest absolute Gasteiger partial charge is 0.441 e. The lowest BCUT2D eigenvalue weighted by atomic mass is 9.76. The molecule has 0 aliphatic heterocycles. The van der Waals surface area contributed by atoms with Crippen molar-refractivity contribution in [3.63, 3.8) is 0 Å². The highest BCUT2D eigenvalue weighted by molar-refractivity contribution is 7.71. The van der Waals surface area contributed by atoms with Crippen molar-refractivity contribution in [2.45, 2.75) is 122 Å². The van der Waals surface area contributed by atoms with Crippen molar-refractivity contribution in [3.8, 4) is 0 Å². The van der Waals surface area contributed by atoms with Gasteiger partial charge in [0.1, 0.15) is 0 Å². The van der Waals surface area contributed by atoms with Gasteiger partial charge in [0.15, 0.2) is 16.1 Å². The second-order valence-electron chi connectivity index (χ2n) is 11.2. The molecule has 2 aromatic carbocycles. The molecule has 0 unspecified atom stereocenters. The SMILES string of the molecule is CCCCCCCCCC1CCC(c2ccc3c(c2)c(=S)oc2c(F)c(CCCCC)ccc23)CC1. The molecule has 0 bridgehead atoms. The Hall–Kier alpha value is -1.74. The van der Waals surface area contributed by atoms with E-state index in [4.69, 9.17) is 16.6 Å². The van der Waals surface area contributed by atoms with Gasteiger partial charge in [0, 0.05) is 10.8 Å². The van der Waals surface area contributed by atoms with E-state index in [2.05, 4.69) is 32.0 Å². The molecule has 36 heavy (non-hydrogen) atoms. The molecule has 1 fully saturated rings. The van der Waals surface area contributed by atoms with Crippen molar-refractivity contribution in [1.82, 2.24) is 0 Å². The van der Waals surface area contributed by atoms with Crippen LogP contribution >= 0.6 is 12.2 Å². The molecule has 196 valence electrons. The van der Waals surface area contributed by atoms with Crippen molar-refractivity contribution in [1.29, 1.82) is 0 Å². The number of aryl methyl sites for hydroxylation is 1. The fourth-order valence-corrected chi connectivity index (χ4v) is 6.46. The third-order valence-corrected chi connectivity index (χ3v) is 8.81. The highest BCUT2D eigenvalue weighted by Crippen LogP contribution is 2.40. The van der Waals surface area contributed by atoms with E-state index in [-0.39, 0.29) is 5.82 Å². The fraction of sp³-hybridized carbons (Fsp3) is 0.606. The van der Waals surface area contributed by atoms with E-state index in [0.29, 0.717) is 16.2 Å². The Morgan fingerprint density at radius 1 is 0.778 bits per heavy atom. The second kappa shape index (κ2) is 13.7. The van der Waals surface area contributed by atoms with E-state index in [1.54, 1.807) is 0 Å². The lowest BCUT2D eigenvalue weighted by Crippen LogP contribution is -2.13. The van der Waals surface area contributed by atoms with E-state index < -0.39 is 0 Å². The van der Waals surface area contributed by atoms with Crippen LogP contribution in [0, 0.1) is 16.4 Å². The first-order valence-electron chi connectivity index (χ1n) is 14.8. The number of fused-ring (bicyclic) bond motifs is 3. The zero-order valence-electron chi connectivity index (χ0n) is 22.5. The summed E-state index contributed by atoms with van der Waals surface area (Å²) in [5.74, 6) is 1.27. The van der Waals surface area contributed by atoms with Crippen LogP contribution in [0.15, 0.2) is 34.7 Å². The normalized spacial score (nSPS) is 18.3. The standard InChI is InChI=1S/C33H45FOS/c1-3-5-7-8-9-10-12-13-24-15-17-25(18-16-24)27-20-21-28-29-22-19-26(14-11-6-4-2)31(34)32(29)35-33(36)30(28)23-27/h19-25H,3-18H2,1-2H3. The van der Waals surface area contributed by atoms with E-state index >= 15 is 4.39 Å². The van der Waals surface area contributed by atoms with E-state index in [1.165, 1.54) is 82.6 Å². The minimum absolute atomic E-state index is 0.236. The average molecular weight is 509 g/mol. The Kier molecular flexibility index (Phi) is 10.4. The summed E-state index contributed by atoms with van der Waals surface area (Å²) in [5.41, 5.74) is 2.42. The van der Waals surface area contributed by atoms with Crippen LogP contribution < -0.4 is 0 Å². The van der Waals surface area contributed by atoms with Crippen LogP contribution in [0.4, 0.5) is 4.39 Å². The molecule has 0 atom stereocenters. The highest BCUT2D eigenvalue weighted by Gasteiger charge is 2.23. The quantitative estimate of drug-likeness (QED) is 0.129. The van der Waals surface area contributed by atoms with Crippen molar-refractivity contribution in [2.24, 2.45) is 5.92 Å². The second-order valence-corrected chi connectivity index (χ2v) is 11.6. The van der Waals surface area contributed by atoms with Crippen LogP contribution in [-0.2, 0) is 6.42 Å². The number of hydrogen-bond donors (Lipinski definition) is 0. The molecule has 0 N–H and O–H groups in total. The van der Waals surface area contributed by atoms with Crippen LogP contribution in [0.25, 0.3) is 21.7 Å². The summed E-state index contributed by atoms with van der Waals surface area (Å²) in [4.78, 5) is 0. The summed E-state index contributed by atoms with van der Waals surface area (Å²) in [6.45, 7) is 4.45. The number of unbranched alkanes of at least 4 members (excludes halogenated alkanes) is 8. The molecular weight excluding hydrogens is 463 g/mol. The predicted octanol–water partition coefficient (Wildman–Crippen LogP) is 11.6. The zero-order valence-corrected chi connectivity index (χ0v) is 23.4. The minimum Gasteiger partial charge on any atom is -0.441 e. The van der Waals surface area contributed by atoms with Crippen LogP contribution in [0.1, 0.15) is 127 Å². The smallest absolute Gasteiger partial charge is 0.198 e. The lowest BCUT2D eigenvalue weighted by Gasteiger charge is -2.29. The number of benzene rings is 2. The van der Waals surface area contributed by atoms with Gasteiger partial charge in [0.25, 0.3) is 0 Å². The molecule has 4 rings (SSSR count). The number of halogens is 1. The van der Waals surface area contributed by atoms with Crippen LogP contribution in [0.2, 0.25) is 0 Å². The molecule has 0 radical (unpaired) electrons. The molecule has 1 saturated carbocycles. The van der Waals surface area contributed by atoms with Gasteiger partial charge >= 0.3 is 0 Å². The van der Waals surface area contributed by atoms with Crippen molar-refractivity contribution in [2.75, 3.05) is 0 Å². The fourth-order valence-electron chi connectivity index (χ4n) is 6.21. The third-order valence-electron chi connectivity index (χ3n) is 8.51. The maximum Gasteiger partial charge on any atom is 0.198 e. The summed E-state index contributed by atoms with van der Waals surface area (Å²) in [6, 6.07) is 10.6. The summed E-state index contributed by atoms with van der Waals surface area (Å²) in [5, 5.41) is 2.80. The number of hydrogen-bond acceptors (Lipinski definition) is 2. The van der Waals surface area contributed by atoms with Crippen LogP contribution in [0.3, 0.4) is 0 Å². The maximum atomic E-state index is 15.3. The first kappa shape index (κ1) is 27.3. The Bertz CT molecular complexity index is 1170. The van der Waals surface area contributed by atoms with Gasteiger partial charge in [-0.25, -0.2) is 4.39 Å². The average Bonchev–Trinajstić information content (AvgIpc) is 2.90. The molecule has 1 aliphatic carbocycles. The molecule has 1 nitrogen and oxygen atoms in total. The molecule has 1 aromatic heterocycles. The molecule has 0 saturated heterocycles. The first-order chi connectivity index (χ1) is 17.6. The molecule has 3 aromatic rings. The monoisotopic (exact) mass is 508 g/mol. The van der Waals surface area contributed by atoms with Gasteiger partial charge < -0.3 is 4.42 Å². The van der Waals surface area contributed by atoms with Gasteiger partial charge in [-0.05, 0) is 85.2 Å². The third kappa shape index (κ3) is 6.77. The van der Waals surface area contributed by atoms with Gasteiger partial charge in [-0.1, -0.05) is 102 Å². The highest BCUT2D eigenvalue weighted by atomic mass is 32.1. The topological polar surface area (TPSA) is 13.1 Å². The van der Waals surface area contributed by atoms with Crippen molar-refractivity contribution >= 4 is 34.0 Å². The predicted molar refractivity (Wildman–Crippen MR) is 155 cm³/mol. The first-order valence-corrected chi connectivity index (χ1v) is 15.2. The van der Waals surface area contributed by atoms with E-state index in [9.17, 15) is 0 Å². The zero-order chi connectivity index (χ0) is 25.3. The van der Waals surface area contributed by atoms with Crippen molar-refractivity contribution < 1.29 is 8.81 Å². The van der Waals surface area contributed by atoms with Crippen LogP contribution in [0.5, 0.6) is 0 Å². The molecule has 0 spiro atoms. The Labute approximate surface area is 222 Å². The van der Waals surface area contributed by atoms with Gasteiger partial charge in [0.05, 0.1) is 0 Å². The molecule has 1 aliphatic rings. The summed E-state index contributed by atoms with van der Waals surface area (Å²) < 4.78 is 21.6. The Morgan fingerprint density at radius 2 is 1.44 bits per heavy atom. The van der Waals surface area contributed by atoms with E-state index in [0.717, 1.165) is 53.3 Å². The Morgan fingerprint density at radius 3 is 2.19 bits per heavy atom. The Balaban J connectivity index is 1.39. The minimum atomic E-state index is -0.236. The molecule has 0 amide bonds. The molecular formula is C33H45FOS. The van der Waals surface area contributed by atoms with Gasteiger partial charge in [-0.2, -0.15) is 0 Å². The van der Waals surface area contributed by atoms with Gasteiger partial charge in [0.2, 0.25) is 0 Å². The van der Waals surface area contributed by atoms with E-state index in [1.807, 2.05) is 12.1 Å². The molecule has 1 heterocycles. The summed E-state index contributed by atoms with van der Waals surface area (Å²) in [7, 11) is 0. The van der Waals surface area contributed by atoms with Crippen LogP contribution in [-0.4, -0.2) is 0 Å². The summed E-state index contributed by atoms with van der Waals surface area (Å²) >= 11 is 5.63. The molecule has 3 heteroatoms. The number of rotatable bonds is 13. The van der Waals surface area contributed by atoms with Gasteiger partial charge in [-0.3, -0.25) is 0 Å². The lowest BCUT2D eigenvalue weighted by molar-refractivity contribution is 0.302. The van der Waals surface area contributed by atoms with Gasteiger partial charge in [-0.15, -0.1) is 0 Å². The summed E-state index contributed by atoms with van der Waals surface area (Å²) in [6.07, 6.45) is 20.4. The van der Waals surface area contributed by atoms with Crippen molar-refractivity contribution in [3.05, 3.63) is 52.0 Å².